The van der Waals surface area contributed by atoms with Gasteiger partial charge in [0.05, 0.1) is 5.56 Å². The van der Waals surface area contributed by atoms with Gasteiger partial charge in [-0.3, -0.25) is 4.79 Å². The van der Waals surface area contributed by atoms with Gasteiger partial charge in [0.25, 0.3) is 0 Å². The molecule has 0 bridgehead atoms. The van der Waals surface area contributed by atoms with Crippen LogP contribution in [0.15, 0.2) is 54.6 Å². The minimum atomic E-state index is -0.0293. The Kier molecular flexibility index (Phi) is 6.60. The number of hydrogen-bond acceptors (Lipinski definition) is 3. The molecule has 0 aliphatic rings. The molecule has 0 aliphatic carbocycles. The Morgan fingerprint density at radius 1 is 1.25 bits per heavy atom. The number of ether oxygens (including phenoxy) is 1. The molecule has 2 aromatic rings. The Labute approximate surface area is 142 Å². The Bertz CT molecular complexity index is 746. The zero-order valence-electron chi connectivity index (χ0n) is 13.7. The zero-order valence-corrected chi connectivity index (χ0v) is 13.7. The Morgan fingerprint density at radius 2 is 2.04 bits per heavy atom. The summed E-state index contributed by atoms with van der Waals surface area (Å²) in [5.74, 6) is 0.545. The third kappa shape index (κ3) is 5.62. The first-order valence-corrected chi connectivity index (χ1v) is 7.81. The summed E-state index contributed by atoms with van der Waals surface area (Å²) in [6, 6.07) is 17.5. The van der Waals surface area contributed by atoms with Crippen LogP contribution in [0.5, 0.6) is 5.75 Å². The number of amides is 1. The van der Waals surface area contributed by atoms with E-state index >= 15 is 0 Å². The van der Waals surface area contributed by atoms with Crippen molar-refractivity contribution in [3.63, 3.8) is 0 Å². The van der Waals surface area contributed by atoms with Crippen molar-refractivity contribution < 1.29 is 9.53 Å². The molecule has 0 aromatic heterocycles. The van der Waals surface area contributed by atoms with Crippen molar-refractivity contribution in [2.75, 3.05) is 6.54 Å². The topological polar surface area (TPSA) is 62.1 Å². The second-order valence-corrected chi connectivity index (χ2v) is 5.32. The molecule has 0 aliphatic heterocycles. The molecule has 122 valence electrons. The molecule has 2 aromatic carbocycles. The standard InChI is InChI=1S/C20H20N2O2/c1-16(23)22-12-6-5-7-17-10-11-19(14-21)20(13-17)24-15-18-8-3-2-4-9-18/h2-5,7-11,13H,6,12,15H2,1H3,(H,22,23). The Morgan fingerprint density at radius 3 is 2.75 bits per heavy atom. The quantitative estimate of drug-likeness (QED) is 0.792. The molecule has 0 heterocycles. The minimum Gasteiger partial charge on any atom is -0.488 e. The second kappa shape index (κ2) is 9.16. The number of nitrogens with one attached hydrogen (secondary N) is 1. The predicted molar refractivity (Wildman–Crippen MR) is 94.3 cm³/mol. The summed E-state index contributed by atoms with van der Waals surface area (Å²) in [5.41, 5.74) is 2.53. The van der Waals surface area contributed by atoms with Gasteiger partial charge in [-0.05, 0) is 29.7 Å². The molecular formula is C20H20N2O2. The number of carbonyl (C=O) groups is 1. The first-order valence-electron chi connectivity index (χ1n) is 7.81. The van der Waals surface area contributed by atoms with Crippen molar-refractivity contribution in [2.24, 2.45) is 0 Å². The van der Waals surface area contributed by atoms with Crippen LogP contribution in [-0.4, -0.2) is 12.5 Å². The van der Waals surface area contributed by atoms with E-state index in [1.807, 2.05) is 54.6 Å². The van der Waals surface area contributed by atoms with Gasteiger partial charge in [-0.2, -0.15) is 5.26 Å². The highest BCUT2D eigenvalue weighted by Crippen LogP contribution is 2.22. The lowest BCUT2D eigenvalue weighted by atomic mass is 10.1. The molecule has 4 nitrogen and oxygen atoms in total. The zero-order chi connectivity index (χ0) is 17.2. The summed E-state index contributed by atoms with van der Waals surface area (Å²) >= 11 is 0. The van der Waals surface area contributed by atoms with E-state index in [9.17, 15) is 10.1 Å². The number of nitriles is 1. The molecule has 4 heteroatoms. The van der Waals surface area contributed by atoms with E-state index in [2.05, 4.69) is 11.4 Å². The average Bonchev–Trinajstić information content (AvgIpc) is 2.60. The summed E-state index contributed by atoms with van der Waals surface area (Å²) in [4.78, 5) is 10.8. The van der Waals surface area contributed by atoms with Crippen LogP contribution in [0.4, 0.5) is 0 Å². The molecule has 1 amide bonds. The fourth-order valence-corrected chi connectivity index (χ4v) is 2.14. The van der Waals surface area contributed by atoms with Gasteiger partial charge in [0.15, 0.2) is 0 Å². The van der Waals surface area contributed by atoms with E-state index in [4.69, 9.17) is 4.74 Å². The van der Waals surface area contributed by atoms with Gasteiger partial charge in [0.2, 0.25) is 5.91 Å². The Balaban J connectivity index is 2.00. The largest absolute Gasteiger partial charge is 0.488 e. The van der Waals surface area contributed by atoms with Crippen LogP contribution in [0, 0.1) is 11.3 Å². The first-order chi connectivity index (χ1) is 11.7. The molecule has 0 atom stereocenters. The van der Waals surface area contributed by atoms with Gasteiger partial charge < -0.3 is 10.1 Å². The minimum absolute atomic E-state index is 0.0293. The van der Waals surface area contributed by atoms with Gasteiger partial charge in [-0.15, -0.1) is 0 Å². The SMILES string of the molecule is CC(=O)NCCC=Cc1ccc(C#N)c(OCc2ccccc2)c1. The van der Waals surface area contributed by atoms with Gasteiger partial charge in [-0.25, -0.2) is 0 Å². The maximum Gasteiger partial charge on any atom is 0.216 e. The molecule has 0 fully saturated rings. The third-order valence-corrected chi connectivity index (χ3v) is 3.36. The molecule has 0 saturated heterocycles. The van der Waals surface area contributed by atoms with Crippen LogP contribution in [-0.2, 0) is 11.4 Å². The Hall–Kier alpha value is -3.06. The molecular weight excluding hydrogens is 300 g/mol. The maximum atomic E-state index is 10.8. The number of hydrogen-bond donors (Lipinski definition) is 1. The van der Waals surface area contributed by atoms with E-state index in [0.717, 1.165) is 17.5 Å². The molecule has 24 heavy (non-hydrogen) atoms. The monoisotopic (exact) mass is 320 g/mol. The normalized spacial score (nSPS) is 10.3. The van der Waals surface area contributed by atoms with E-state index in [1.165, 1.54) is 6.92 Å². The van der Waals surface area contributed by atoms with E-state index < -0.39 is 0 Å². The van der Waals surface area contributed by atoms with Crippen molar-refractivity contribution >= 4 is 12.0 Å². The molecule has 0 unspecified atom stereocenters. The van der Waals surface area contributed by atoms with Gasteiger partial charge in [-0.1, -0.05) is 48.6 Å². The highest BCUT2D eigenvalue weighted by Gasteiger charge is 2.04. The van der Waals surface area contributed by atoms with Crippen molar-refractivity contribution in [2.45, 2.75) is 20.0 Å². The summed E-state index contributed by atoms with van der Waals surface area (Å²) in [5, 5.41) is 12.0. The van der Waals surface area contributed by atoms with Crippen molar-refractivity contribution in [3.05, 3.63) is 71.3 Å². The lowest BCUT2D eigenvalue weighted by Gasteiger charge is -2.09. The fourth-order valence-electron chi connectivity index (χ4n) is 2.14. The average molecular weight is 320 g/mol. The smallest absolute Gasteiger partial charge is 0.216 e. The highest BCUT2D eigenvalue weighted by molar-refractivity contribution is 5.72. The molecule has 1 N–H and O–H groups in total. The van der Waals surface area contributed by atoms with Crippen LogP contribution >= 0.6 is 0 Å². The third-order valence-electron chi connectivity index (χ3n) is 3.36. The van der Waals surface area contributed by atoms with E-state index in [0.29, 0.717) is 24.5 Å². The molecule has 2 rings (SSSR count). The highest BCUT2D eigenvalue weighted by atomic mass is 16.5. The number of rotatable bonds is 7. The molecule has 0 saturated carbocycles. The summed E-state index contributed by atoms with van der Waals surface area (Å²) in [7, 11) is 0. The lowest BCUT2D eigenvalue weighted by molar-refractivity contribution is -0.118. The van der Waals surface area contributed by atoms with Crippen molar-refractivity contribution in [1.29, 1.82) is 5.26 Å². The molecule has 0 radical (unpaired) electrons. The first kappa shape index (κ1) is 17.3. The fraction of sp³-hybridized carbons (Fsp3) is 0.200. The summed E-state index contributed by atoms with van der Waals surface area (Å²) in [6.07, 6.45) is 4.69. The number of benzene rings is 2. The van der Waals surface area contributed by atoms with Gasteiger partial charge >= 0.3 is 0 Å². The van der Waals surface area contributed by atoms with Crippen LogP contribution in [0.2, 0.25) is 0 Å². The lowest BCUT2D eigenvalue weighted by Crippen LogP contribution is -2.20. The van der Waals surface area contributed by atoms with Crippen LogP contribution in [0.3, 0.4) is 0 Å². The van der Waals surface area contributed by atoms with Gasteiger partial charge in [0, 0.05) is 13.5 Å². The predicted octanol–water partition coefficient (Wildman–Crippen LogP) is 3.68. The van der Waals surface area contributed by atoms with Crippen LogP contribution in [0.1, 0.15) is 30.0 Å². The number of carbonyl (C=O) groups excluding carboxylic acids is 1. The second-order valence-electron chi connectivity index (χ2n) is 5.32. The maximum absolute atomic E-state index is 10.8. The van der Waals surface area contributed by atoms with Crippen molar-refractivity contribution in [3.8, 4) is 11.8 Å². The van der Waals surface area contributed by atoms with Crippen molar-refractivity contribution in [1.82, 2.24) is 5.32 Å². The number of nitrogens with zero attached hydrogens (tertiary/aromatic N) is 1. The molecule has 0 spiro atoms. The van der Waals surface area contributed by atoms with Crippen LogP contribution in [0.25, 0.3) is 6.08 Å². The van der Waals surface area contributed by atoms with Crippen LogP contribution < -0.4 is 10.1 Å². The van der Waals surface area contributed by atoms with Gasteiger partial charge in [0.1, 0.15) is 18.4 Å². The summed E-state index contributed by atoms with van der Waals surface area (Å²) in [6.45, 7) is 2.53. The van der Waals surface area contributed by atoms with E-state index in [1.54, 1.807) is 6.07 Å². The van der Waals surface area contributed by atoms with E-state index in [-0.39, 0.29) is 5.91 Å². The summed E-state index contributed by atoms with van der Waals surface area (Å²) < 4.78 is 5.80.